The first-order chi connectivity index (χ1) is 7.75. The fourth-order valence-corrected chi connectivity index (χ4v) is 2.45. The Balaban J connectivity index is 2.59. The highest BCUT2D eigenvalue weighted by molar-refractivity contribution is 9.10. The summed E-state index contributed by atoms with van der Waals surface area (Å²) >= 11 is 3.50. The van der Waals surface area contributed by atoms with Crippen molar-refractivity contribution in [2.75, 3.05) is 0 Å². The van der Waals surface area contributed by atoms with Gasteiger partial charge in [0.05, 0.1) is 5.52 Å². The summed E-state index contributed by atoms with van der Waals surface area (Å²) in [5, 5.41) is 3.70. The number of hydrogen-bond acceptors (Lipinski definition) is 1. The SMILES string of the molecule is Cc1nc2ccccc2c2ccc(Br)cc12. The molecule has 1 heterocycles. The lowest BCUT2D eigenvalue weighted by Gasteiger charge is -2.06. The van der Waals surface area contributed by atoms with E-state index in [0.29, 0.717) is 0 Å². The van der Waals surface area contributed by atoms with Gasteiger partial charge in [0.1, 0.15) is 0 Å². The lowest BCUT2D eigenvalue weighted by Crippen LogP contribution is -1.87. The van der Waals surface area contributed by atoms with E-state index in [1.807, 2.05) is 6.07 Å². The molecule has 0 aliphatic carbocycles. The third-order valence-electron chi connectivity index (χ3n) is 2.85. The van der Waals surface area contributed by atoms with Crippen molar-refractivity contribution < 1.29 is 0 Å². The van der Waals surface area contributed by atoms with Gasteiger partial charge in [-0.05, 0) is 30.5 Å². The number of halogens is 1. The van der Waals surface area contributed by atoms with E-state index in [0.717, 1.165) is 15.7 Å². The van der Waals surface area contributed by atoms with Crippen molar-refractivity contribution in [3.8, 4) is 0 Å². The van der Waals surface area contributed by atoms with Crippen molar-refractivity contribution in [2.24, 2.45) is 0 Å². The van der Waals surface area contributed by atoms with Gasteiger partial charge in [0, 0.05) is 20.9 Å². The first kappa shape index (κ1) is 9.79. The molecule has 2 aromatic carbocycles. The maximum Gasteiger partial charge on any atom is 0.0711 e. The summed E-state index contributed by atoms with van der Waals surface area (Å²) in [4.78, 5) is 4.62. The molecule has 0 saturated heterocycles. The molecule has 0 atom stereocenters. The topological polar surface area (TPSA) is 12.9 Å². The van der Waals surface area contributed by atoms with Crippen LogP contribution in [0.5, 0.6) is 0 Å². The van der Waals surface area contributed by atoms with Gasteiger partial charge in [-0.1, -0.05) is 40.2 Å². The molecule has 0 saturated carbocycles. The van der Waals surface area contributed by atoms with Crippen LogP contribution in [0.25, 0.3) is 21.7 Å². The molecule has 0 fully saturated rings. The van der Waals surface area contributed by atoms with Crippen LogP contribution in [0.1, 0.15) is 5.69 Å². The fraction of sp³-hybridized carbons (Fsp3) is 0.0714. The molecule has 1 nitrogen and oxygen atoms in total. The average Bonchev–Trinajstić information content (AvgIpc) is 2.29. The molecule has 0 bridgehead atoms. The van der Waals surface area contributed by atoms with Crippen LogP contribution >= 0.6 is 15.9 Å². The minimum absolute atomic E-state index is 1.06. The summed E-state index contributed by atoms with van der Waals surface area (Å²) in [7, 11) is 0. The number of para-hydroxylation sites is 1. The van der Waals surface area contributed by atoms with Crippen molar-refractivity contribution in [3.05, 3.63) is 52.6 Å². The number of aromatic nitrogens is 1. The van der Waals surface area contributed by atoms with Gasteiger partial charge < -0.3 is 0 Å². The van der Waals surface area contributed by atoms with Gasteiger partial charge in [0.15, 0.2) is 0 Å². The minimum atomic E-state index is 1.06. The number of rotatable bonds is 0. The van der Waals surface area contributed by atoms with Gasteiger partial charge in [-0.2, -0.15) is 0 Å². The Kier molecular flexibility index (Phi) is 2.18. The van der Waals surface area contributed by atoms with E-state index in [1.165, 1.54) is 16.2 Å². The molecule has 3 rings (SSSR count). The molecule has 16 heavy (non-hydrogen) atoms. The van der Waals surface area contributed by atoms with Crippen molar-refractivity contribution >= 4 is 37.6 Å². The van der Waals surface area contributed by atoms with Crippen molar-refractivity contribution in [2.45, 2.75) is 6.92 Å². The summed E-state index contributed by atoms with van der Waals surface area (Å²) in [6.07, 6.45) is 0. The predicted octanol–water partition coefficient (Wildman–Crippen LogP) is 4.46. The Morgan fingerprint density at radius 1 is 0.938 bits per heavy atom. The van der Waals surface area contributed by atoms with E-state index in [9.17, 15) is 0 Å². The van der Waals surface area contributed by atoms with Gasteiger partial charge >= 0.3 is 0 Å². The second-order valence-electron chi connectivity index (χ2n) is 3.90. The second-order valence-corrected chi connectivity index (χ2v) is 4.82. The number of nitrogens with zero attached hydrogens (tertiary/aromatic N) is 1. The molecule has 0 aliphatic rings. The largest absolute Gasteiger partial charge is 0.252 e. The molecule has 0 unspecified atom stereocenters. The minimum Gasteiger partial charge on any atom is -0.252 e. The van der Waals surface area contributed by atoms with E-state index in [-0.39, 0.29) is 0 Å². The molecule has 0 amide bonds. The first-order valence-electron chi connectivity index (χ1n) is 5.20. The van der Waals surface area contributed by atoms with Crippen LogP contribution in [0.2, 0.25) is 0 Å². The highest BCUT2D eigenvalue weighted by Crippen LogP contribution is 2.28. The van der Waals surface area contributed by atoms with Crippen LogP contribution < -0.4 is 0 Å². The van der Waals surface area contributed by atoms with E-state index in [2.05, 4.69) is 64.2 Å². The Morgan fingerprint density at radius 2 is 1.75 bits per heavy atom. The number of aryl methyl sites for hydroxylation is 1. The zero-order chi connectivity index (χ0) is 11.1. The fourth-order valence-electron chi connectivity index (χ4n) is 2.09. The van der Waals surface area contributed by atoms with Crippen molar-refractivity contribution in [1.29, 1.82) is 0 Å². The van der Waals surface area contributed by atoms with Gasteiger partial charge in [-0.15, -0.1) is 0 Å². The Morgan fingerprint density at radius 3 is 2.62 bits per heavy atom. The number of hydrogen-bond donors (Lipinski definition) is 0. The van der Waals surface area contributed by atoms with E-state index in [4.69, 9.17) is 0 Å². The van der Waals surface area contributed by atoms with Crippen molar-refractivity contribution in [3.63, 3.8) is 0 Å². The zero-order valence-corrected chi connectivity index (χ0v) is 10.5. The molecule has 2 heteroatoms. The summed E-state index contributed by atoms with van der Waals surface area (Å²) in [5.41, 5.74) is 2.14. The van der Waals surface area contributed by atoms with Crippen LogP contribution in [0.3, 0.4) is 0 Å². The average molecular weight is 272 g/mol. The van der Waals surface area contributed by atoms with Gasteiger partial charge in [-0.25, -0.2) is 0 Å². The van der Waals surface area contributed by atoms with Crippen molar-refractivity contribution in [1.82, 2.24) is 4.98 Å². The highest BCUT2D eigenvalue weighted by Gasteiger charge is 2.04. The Bertz CT molecular complexity index is 689. The van der Waals surface area contributed by atoms with Crippen LogP contribution in [-0.2, 0) is 0 Å². The molecular weight excluding hydrogens is 262 g/mol. The molecule has 0 aliphatic heterocycles. The normalized spacial score (nSPS) is 11.1. The monoisotopic (exact) mass is 271 g/mol. The molecule has 0 N–H and O–H groups in total. The van der Waals surface area contributed by atoms with Gasteiger partial charge in [-0.3, -0.25) is 4.98 Å². The van der Waals surface area contributed by atoms with E-state index < -0.39 is 0 Å². The Hall–Kier alpha value is -1.41. The molecule has 0 spiro atoms. The molecule has 3 aromatic rings. The summed E-state index contributed by atoms with van der Waals surface area (Å²) < 4.78 is 1.10. The maximum absolute atomic E-state index is 4.62. The smallest absolute Gasteiger partial charge is 0.0711 e. The predicted molar refractivity (Wildman–Crippen MR) is 71.7 cm³/mol. The Labute approximate surface area is 102 Å². The van der Waals surface area contributed by atoms with E-state index in [1.54, 1.807) is 0 Å². The van der Waals surface area contributed by atoms with Crippen LogP contribution in [-0.4, -0.2) is 4.98 Å². The summed E-state index contributed by atoms with van der Waals surface area (Å²) in [5.74, 6) is 0. The number of pyridine rings is 1. The van der Waals surface area contributed by atoms with Gasteiger partial charge in [0.25, 0.3) is 0 Å². The molecule has 78 valence electrons. The number of benzene rings is 2. The van der Waals surface area contributed by atoms with Crippen LogP contribution in [0, 0.1) is 6.92 Å². The quantitative estimate of drug-likeness (QED) is 0.550. The van der Waals surface area contributed by atoms with Crippen LogP contribution in [0.4, 0.5) is 0 Å². The van der Waals surface area contributed by atoms with Gasteiger partial charge in [0.2, 0.25) is 0 Å². The third kappa shape index (κ3) is 1.41. The second kappa shape index (κ2) is 3.56. The molecular formula is C14H10BrN. The lowest BCUT2D eigenvalue weighted by molar-refractivity contribution is 1.29. The third-order valence-corrected chi connectivity index (χ3v) is 3.35. The molecule has 0 radical (unpaired) electrons. The zero-order valence-electron chi connectivity index (χ0n) is 8.87. The van der Waals surface area contributed by atoms with E-state index >= 15 is 0 Å². The summed E-state index contributed by atoms with van der Waals surface area (Å²) in [6.45, 7) is 2.06. The first-order valence-corrected chi connectivity index (χ1v) is 5.99. The highest BCUT2D eigenvalue weighted by atomic mass is 79.9. The number of fused-ring (bicyclic) bond motifs is 3. The summed E-state index contributed by atoms with van der Waals surface area (Å²) in [6, 6.07) is 14.6. The van der Waals surface area contributed by atoms with Crippen LogP contribution in [0.15, 0.2) is 46.9 Å². The standard InChI is InChI=1S/C14H10BrN/c1-9-13-8-10(15)6-7-11(13)12-4-2-3-5-14(12)16-9/h2-8H,1H3. The molecule has 1 aromatic heterocycles. The lowest BCUT2D eigenvalue weighted by atomic mass is 10.0. The maximum atomic E-state index is 4.62.